The Labute approximate surface area is 124 Å². The number of benzene rings is 1. The molecule has 1 aromatic carbocycles. The summed E-state index contributed by atoms with van der Waals surface area (Å²) in [7, 11) is -1.52. The minimum Gasteiger partial charge on any atom is -0.726 e. The highest BCUT2D eigenvalue weighted by molar-refractivity contribution is 7.80. The third-order valence-corrected chi connectivity index (χ3v) is 3.32. The highest BCUT2D eigenvalue weighted by Gasteiger charge is 2.08. The van der Waals surface area contributed by atoms with Crippen LogP contribution in [-0.2, 0) is 21.6 Å². The number of rotatable bonds is 3. The molecule has 116 valence electrons. The minimum atomic E-state index is -4.41. The molecule has 0 N–H and O–H groups in total. The molecule has 0 spiro atoms. The molecule has 2 rings (SSSR count). The fourth-order valence-electron chi connectivity index (χ4n) is 1.74. The van der Waals surface area contributed by atoms with Crippen molar-refractivity contribution in [3.63, 3.8) is 0 Å². The standard InChI is InChI=1S/C13H16NO.CH4O4S/c1-4-15-12-7-8-13-11(9-12)6-5-10(2)14(13)3;1-5-6(2,3)4/h5-9H,4H2,1-3H3;1H3,(H,2,3,4)/q+1;/p-1. The van der Waals surface area contributed by atoms with Crippen LogP contribution in [0.4, 0.5) is 0 Å². The van der Waals surface area contributed by atoms with Gasteiger partial charge in [-0.3, -0.25) is 4.18 Å². The Balaban J connectivity index is 0.000000315. The lowest BCUT2D eigenvalue weighted by molar-refractivity contribution is -0.651. The van der Waals surface area contributed by atoms with Crippen LogP contribution in [0.1, 0.15) is 12.6 Å². The highest BCUT2D eigenvalue weighted by Crippen LogP contribution is 2.18. The van der Waals surface area contributed by atoms with Crippen LogP contribution in [0.15, 0.2) is 30.3 Å². The van der Waals surface area contributed by atoms with E-state index in [4.69, 9.17) is 4.74 Å². The van der Waals surface area contributed by atoms with Crippen molar-refractivity contribution in [1.29, 1.82) is 0 Å². The van der Waals surface area contributed by atoms with Crippen LogP contribution in [-0.4, -0.2) is 26.7 Å². The maximum Gasteiger partial charge on any atom is 0.217 e. The molecule has 0 saturated carbocycles. The number of nitrogens with zero attached hydrogens (tertiary/aromatic N) is 1. The zero-order chi connectivity index (χ0) is 16.0. The first-order valence-corrected chi connectivity index (χ1v) is 7.65. The molecule has 0 fully saturated rings. The van der Waals surface area contributed by atoms with E-state index < -0.39 is 10.4 Å². The fourth-order valence-corrected chi connectivity index (χ4v) is 1.74. The van der Waals surface area contributed by atoms with Crippen LogP contribution in [0, 0.1) is 6.92 Å². The van der Waals surface area contributed by atoms with Crippen LogP contribution in [0.3, 0.4) is 0 Å². The predicted octanol–water partition coefficient (Wildman–Crippen LogP) is 1.46. The Morgan fingerprint density at radius 3 is 2.38 bits per heavy atom. The lowest BCUT2D eigenvalue weighted by atomic mass is 10.2. The average Bonchev–Trinajstić information content (AvgIpc) is 2.43. The molecule has 7 heteroatoms. The maximum absolute atomic E-state index is 9.22. The number of fused-ring (bicyclic) bond motifs is 1. The van der Waals surface area contributed by atoms with Gasteiger partial charge in [-0.15, -0.1) is 0 Å². The lowest BCUT2D eigenvalue weighted by Crippen LogP contribution is -2.32. The van der Waals surface area contributed by atoms with E-state index >= 15 is 0 Å². The van der Waals surface area contributed by atoms with Gasteiger partial charge in [0.05, 0.1) is 19.1 Å². The SMILES string of the molecule is CCOc1ccc2c(ccc(C)[n+]2C)c1.COS(=O)(=O)[O-]. The van der Waals surface area contributed by atoms with Gasteiger partial charge in [0.1, 0.15) is 12.8 Å². The van der Waals surface area contributed by atoms with Gasteiger partial charge in [0, 0.05) is 19.1 Å². The third-order valence-electron chi connectivity index (χ3n) is 2.91. The van der Waals surface area contributed by atoms with Crippen LogP contribution in [0.25, 0.3) is 10.9 Å². The molecule has 21 heavy (non-hydrogen) atoms. The monoisotopic (exact) mass is 313 g/mol. The second kappa shape index (κ2) is 7.35. The van der Waals surface area contributed by atoms with Crippen molar-refractivity contribution >= 4 is 21.3 Å². The molecule has 0 aliphatic rings. The summed E-state index contributed by atoms with van der Waals surface area (Å²) >= 11 is 0. The molecule has 0 unspecified atom stereocenters. The number of hydrogen-bond donors (Lipinski definition) is 0. The van der Waals surface area contributed by atoms with Crippen molar-refractivity contribution in [3.8, 4) is 5.75 Å². The Morgan fingerprint density at radius 2 is 1.86 bits per heavy atom. The van der Waals surface area contributed by atoms with Crippen LogP contribution in [0.5, 0.6) is 5.75 Å². The third kappa shape index (κ3) is 5.30. The number of hydrogen-bond acceptors (Lipinski definition) is 5. The van der Waals surface area contributed by atoms with Gasteiger partial charge in [-0.05, 0) is 25.1 Å². The number of pyridine rings is 1. The molecule has 6 nitrogen and oxygen atoms in total. The van der Waals surface area contributed by atoms with E-state index in [1.165, 1.54) is 16.6 Å². The minimum absolute atomic E-state index is 0.712. The van der Waals surface area contributed by atoms with Gasteiger partial charge in [0.15, 0.2) is 5.69 Å². The van der Waals surface area contributed by atoms with E-state index in [1.54, 1.807) is 0 Å². The predicted molar refractivity (Wildman–Crippen MR) is 77.7 cm³/mol. The van der Waals surface area contributed by atoms with Crippen molar-refractivity contribution in [2.24, 2.45) is 7.05 Å². The van der Waals surface area contributed by atoms with Crippen LogP contribution in [0.2, 0.25) is 0 Å². The number of aromatic nitrogens is 1. The molecular formula is C14H19NO5S. The molecule has 1 heterocycles. The van der Waals surface area contributed by atoms with Crippen LogP contribution >= 0.6 is 0 Å². The molecule has 0 aliphatic carbocycles. The van der Waals surface area contributed by atoms with E-state index in [1.807, 2.05) is 13.0 Å². The molecule has 2 aromatic rings. The first kappa shape index (κ1) is 17.4. The molecule has 0 atom stereocenters. The normalized spacial score (nSPS) is 10.9. The summed E-state index contributed by atoms with van der Waals surface area (Å²) < 4.78 is 38.7. The molecule has 0 bridgehead atoms. The summed E-state index contributed by atoms with van der Waals surface area (Å²) in [4.78, 5) is 0. The number of ether oxygens (including phenoxy) is 1. The molecule has 0 aliphatic heterocycles. The maximum atomic E-state index is 9.22. The smallest absolute Gasteiger partial charge is 0.217 e. The summed E-state index contributed by atoms with van der Waals surface area (Å²) in [5.41, 5.74) is 2.49. The van der Waals surface area contributed by atoms with Crippen molar-refractivity contribution in [2.45, 2.75) is 13.8 Å². The van der Waals surface area contributed by atoms with Crippen LogP contribution < -0.4 is 9.30 Å². The number of aryl methyl sites for hydroxylation is 2. The van der Waals surface area contributed by atoms with Gasteiger partial charge in [-0.2, -0.15) is 4.57 Å². The zero-order valence-electron chi connectivity index (χ0n) is 12.5. The van der Waals surface area contributed by atoms with E-state index in [-0.39, 0.29) is 0 Å². The molecule has 0 saturated heterocycles. The van der Waals surface area contributed by atoms with E-state index in [0.29, 0.717) is 6.61 Å². The first-order chi connectivity index (χ1) is 9.78. The summed E-state index contributed by atoms with van der Waals surface area (Å²) in [6.45, 7) is 4.82. The Kier molecular flexibility index (Phi) is 6.07. The van der Waals surface area contributed by atoms with Crippen molar-refractivity contribution in [2.75, 3.05) is 13.7 Å². The van der Waals surface area contributed by atoms with Gasteiger partial charge in [-0.1, -0.05) is 0 Å². The van der Waals surface area contributed by atoms with Gasteiger partial charge < -0.3 is 9.29 Å². The highest BCUT2D eigenvalue weighted by atomic mass is 32.3. The molecule has 0 radical (unpaired) electrons. The zero-order valence-corrected chi connectivity index (χ0v) is 13.3. The van der Waals surface area contributed by atoms with Crippen molar-refractivity contribution < 1.29 is 26.5 Å². The fraction of sp³-hybridized carbons (Fsp3) is 0.357. The topological polar surface area (TPSA) is 79.5 Å². The summed E-state index contributed by atoms with van der Waals surface area (Å²) in [5, 5.41) is 1.22. The Hall–Kier alpha value is -1.70. The van der Waals surface area contributed by atoms with Gasteiger partial charge in [0.25, 0.3) is 0 Å². The van der Waals surface area contributed by atoms with Gasteiger partial charge in [0.2, 0.25) is 15.9 Å². The summed E-state index contributed by atoms with van der Waals surface area (Å²) in [5.74, 6) is 0.939. The van der Waals surface area contributed by atoms with Gasteiger partial charge in [-0.25, -0.2) is 8.42 Å². The lowest BCUT2D eigenvalue weighted by Gasteiger charge is -2.04. The summed E-state index contributed by atoms with van der Waals surface area (Å²) in [6, 6.07) is 10.5. The Bertz CT molecular complexity index is 713. The molecular weight excluding hydrogens is 294 g/mol. The van der Waals surface area contributed by atoms with E-state index in [9.17, 15) is 13.0 Å². The Morgan fingerprint density at radius 1 is 1.24 bits per heavy atom. The van der Waals surface area contributed by atoms with E-state index in [2.05, 4.69) is 47.0 Å². The first-order valence-electron chi connectivity index (χ1n) is 6.32. The van der Waals surface area contributed by atoms with Crippen molar-refractivity contribution in [1.82, 2.24) is 0 Å². The van der Waals surface area contributed by atoms with E-state index in [0.717, 1.165) is 12.9 Å². The largest absolute Gasteiger partial charge is 0.726 e. The quantitative estimate of drug-likeness (QED) is 0.487. The summed E-state index contributed by atoms with van der Waals surface area (Å²) in [6.07, 6.45) is 0. The van der Waals surface area contributed by atoms with Gasteiger partial charge >= 0.3 is 0 Å². The van der Waals surface area contributed by atoms with Crippen molar-refractivity contribution in [3.05, 3.63) is 36.0 Å². The molecule has 1 aromatic heterocycles. The average molecular weight is 313 g/mol. The second-order valence-electron chi connectivity index (χ2n) is 4.26. The molecule has 0 amide bonds. The second-order valence-corrected chi connectivity index (χ2v) is 5.41.